The zero-order chi connectivity index (χ0) is 40.4. The first kappa shape index (κ1) is 39.6. The van der Waals surface area contributed by atoms with E-state index in [1.165, 1.54) is 30.3 Å². The third kappa shape index (κ3) is 8.42. The molecule has 2 aliphatic heterocycles. The minimum absolute atomic E-state index is 0.0580. The number of ketones is 1. The normalized spacial score (nSPS) is 19.5. The summed E-state index contributed by atoms with van der Waals surface area (Å²) in [5.41, 5.74) is 3.67. The quantitative estimate of drug-likeness (QED) is 0.0442. The lowest BCUT2D eigenvalue weighted by atomic mass is 9.89. The lowest BCUT2D eigenvalue weighted by molar-refractivity contribution is -0.231. The Kier molecular flexibility index (Phi) is 11.7. The van der Waals surface area contributed by atoms with Crippen molar-refractivity contribution in [1.82, 2.24) is 0 Å². The molecule has 1 fully saturated rings. The Labute approximate surface area is 331 Å². The van der Waals surface area contributed by atoms with Crippen LogP contribution in [0.2, 0.25) is 5.02 Å². The van der Waals surface area contributed by atoms with Gasteiger partial charge in [0.15, 0.2) is 11.2 Å². The van der Waals surface area contributed by atoms with Gasteiger partial charge in [0.25, 0.3) is 0 Å². The zero-order valence-corrected chi connectivity index (χ0v) is 31.1. The summed E-state index contributed by atoms with van der Waals surface area (Å²) >= 11 is 6.49. The average Bonchev–Trinajstić information content (AvgIpc) is 3.20. The highest BCUT2D eigenvalue weighted by atomic mass is 35.5. The number of Topliss-reactive ketones (excluding diaryl/α,β-unsaturated/α-hetero) is 1. The van der Waals surface area contributed by atoms with Gasteiger partial charge >= 0.3 is 5.97 Å². The van der Waals surface area contributed by atoms with Crippen LogP contribution in [0.15, 0.2) is 106 Å². The van der Waals surface area contributed by atoms with E-state index < -0.39 is 43.1 Å². The second kappa shape index (κ2) is 16.9. The van der Waals surface area contributed by atoms with Crippen molar-refractivity contribution in [3.63, 3.8) is 0 Å². The lowest BCUT2D eigenvalue weighted by Gasteiger charge is -2.40. The van der Waals surface area contributed by atoms with E-state index in [1.807, 2.05) is 24.3 Å². The summed E-state index contributed by atoms with van der Waals surface area (Å²) in [5.74, 6) is -0.652. The Bertz CT molecular complexity index is 2460. The topological polar surface area (TPSA) is 204 Å². The number of halogens is 1. The fourth-order valence-electron chi connectivity index (χ4n) is 7.19. The number of aromatic carboxylic acids is 1. The van der Waals surface area contributed by atoms with Gasteiger partial charge in [0.1, 0.15) is 53.4 Å². The molecule has 2 heterocycles. The summed E-state index contributed by atoms with van der Waals surface area (Å²) in [6.45, 7) is -0.178. The van der Waals surface area contributed by atoms with Crippen molar-refractivity contribution in [2.75, 3.05) is 13.2 Å². The monoisotopic (exact) mass is 794 g/mol. The van der Waals surface area contributed by atoms with E-state index in [9.17, 15) is 45.0 Å². The molecule has 57 heavy (non-hydrogen) atoms. The Morgan fingerprint density at radius 1 is 0.807 bits per heavy atom. The summed E-state index contributed by atoms with van der Waals surface area (Å²) < 4.78 is 17.5. The third-order valence-electron chi connectivity index (χ3n) is 10.2. The second-order valence-corrected chi connectivity index (χ2v) is 14.4. The third-order valence-corrected chi connectivity index (χ3v) is 10.6. The molecule has 0 amide bonds. The maximum absolute atomic E-state index is 13.2. The Hall–Kier alpha value is -5.60. The average molecular weight is 795 g/mol. The number of phenols is 1. The number of carbonyl (C=O) groups is 2. The molecule has 5 atom stereocenters. The molecule has 0 radical (unpaired) electrons. The van der Waals surface area contributed by atoms with Crippen LogP contribution < -0.4 is 10.2 Å². The van der Waals surface area contributed by atoms with E-state index in [0.717, 1.165) is 11.1 Å². The van der Waals surface area contributed by atoms with Crippen LogP contribution in [0.4, 0.5) is 0 Å². The number of unbranched alkanes of at least 4 members (excludes halogenated alkanes) is 1. The van der Waals surface area contributed by atoms with Crippen molar-refractivity contribution in [2.24, 2.45) is 0 Å². The largest absolute Gasteiger partial charge is 0.508 e. The molecule has 13 heteroatoms. The Balaban J connectivity index is 0.960. The number of benzene rings is 5. The molecule has 0 spiro atoms. The van der Waals surface area contributed by atoms with Crippen molar-refractivity contribution in [1.29, 1.82) is 0 Å². The number of carbonyl (C=O) groups excluding carboxylic acids is 1. The summed E-state index contributed by atoms with van der Waals surface area (Å²) in [7, 11) is 0. The van der Waals surface area contributed by atoms with Crippen LogP contribution in [-0.4, -0.2) is 80.0 Å². The molecule has 1 aliphatic carbocycles. The van der Waals surface area contributed by atoms with Gasteiger partial charge in [0.05, 0.1) is 18.8 Å². The molecule has 294 valence electrons. The maximum atomic E-state index is 13.2. The molecule has 0 aromatic heterocycles. The molecule has 6 N–H and O–H groups in total. The first-order valence-electron chi connectivity index (χ1n) is 18.3. The van der Waals surface area contributed by atoms with Crippen LogP contribution >= 0.6 is 11.6 Å². The van der Waals surface area contributed by atoms with E-state index in [-0.39, 0.29) is 45.9 Å². The molecule has 0 bridgehead atoms. The summed E-state index contributed by atoms with van der Waals surface area (Å²) in [6.07, 6.45) is -4.67. The van der Waals surface area contributed by atoms with Gasteiger partial charge in [0.2, 0.25) is 0 Å². The van der Waals surface area contributed by atoms with Crippen LogP contribution in [0.3, 0.4) is 0 Å². The van der Waals surface area contributed by atoms with E-state index in [0.29, 0.717) is 64.3 Å². The highest BCUT2D eigenvalue weighted by Crippen LogP contribution is 2.42. The number of phenolic OH excluding ortho intramolecular Hbond substituents is 1. The molecule has 0 saturated carbocycles. The van der Waals surface area contributed by atoms with Crippen molar-refractivity contribution in [2.45, 2.75) is 56.2 Å². The summed E-state index contributed by atoms with van der Waals surface area (Å²) in [4.78, 5) is 37.9. The van der Waals surface area contributed by atoms with Crippen molar-refractivity contribution in [3.8, 4) is 33.9 Å². The molecule has 0 unspecified atom stereocenters. The number of carboxylic acid groups (broad SMARTS) is 1. The molecule has 1 saturated heterocycles. The zero-order valence-electron chi connectivity index (χ0n) is 30.4. The summed E-state index contributed by atoms with van der Waals surface area (Å²) in [6, 6.07) is 25.7. The molecule has 12 nitrogen and oxygen atoms in total. The summed E-state index contributed by atoms with van der Waals surface area (Å²) in [5, 5.41) is 61.8. The highest BCUT2D eigenvalue weighted by Gasteiger charge is 2.44. The van der Waals surface area contributed by atoms with Crippen LogP contribution in [0, 0.1) is 0 Å². The van der Waals surface area contributed by atoms with Crippen LogP contribution in [0.5, 0.6) is 11.5 Å². The number of aliphatic hydroxyl groups is 4. The number of aliphatic hydroxyl groups excluding tert-OH is 4. The molecule has 4 aromatic rings. The SMILES string of the molecule is O=C(CCCCOc1ccc(Cc2cc([C@@H]3O[C@H](CO)[C@@H](O)[C@H](O)[C@H]3O)ccc2Cl)cc1)c1ccc(-c2c3ccc(=O)cc-3oc3cc(O)ccc23)c(C(=O)O)c1. The van der Waals surface area contributed by atoms with Crippen molar-refractivity contribution >= 4 is 34.3 Å². The Morgan fingerprint density at radius 2 is 1.58 bits per heavy atom. The fraction of sp³-hybridized carbons (Fsp3) is 0.250. The molecule has 3 aliphatic rings. The first-order valence-corrected chi connectivity index (χ1v) is 18.7. The molecule has 7 rings (SSSR count). The molecular formula is C44H39ClO12. The minimum atomic E-state index is -1.49. The van der Waals surface area contributed by atoms with Crippen LogP contribution in [0.25, 0.3) is 33.4 Å². The van der Waals surface area contributed by atoms with Gasteiger partial charge in [-0.3, -0.25) is 9.59 Å². The highest BCUT2D eigenvalue weighted by molar-refractivity contribution is 6.31. The standard InChI is InChI=1S/C44H39ClO12/c45-34-15-7-25(43-42(52)41(51)40(50)38(22-46)57-43)18-26(34)17-23-4-10-29(11-5-23)55-16-2-1-3-35(49)24-6-12-30(33(19-24)44(53)54)39-31-13-8-27(47)20-36(31)56-37-21-28(48)9-14-32(37)39/h4-15,18-21,38,40-43,46-47,50-52H,1-3,16-17,22H2,(H,53,54)/t38-,40-,41+,42-,43+/m1/s1. The van der Waals surface area contributed by atoms with Gasteiger partial charge in [-0.2, -0.15) is 0 Å². The number of aromatic hydroxyl groups is 1. The number of carboxylic acids is 1. The van der Waals surface area contributed by atoms with Crippen LogP contribution in [-0.2, 0) is 11.2 Å². The second-order valence-electron chi connectivity index (χ2n) is 14.0. The fourth-order valence-corrected chi connectivity index (χ4v) is 7.38. The number of rotatable bonds is 13. The van der Waals surface area contributed by atoms with E-state index in [1.54, 1.807) is 42.5 Å². The lowest BCUT2D eigenvalue weighted by Crippen LogP contribution is -2.55. The molecular weight excluding hydrogens is 756 g/mol. The van der Waals surface area contributed by atoms with Crippen LogP contribution in [0.1, 0.15) is 62.8 Å². The van der Waals surface area contributed by atoms with Crippen molar-refractivity contribution in [3.05, 3.63) is 140 Å². The first-order chi connectivity index (χ1) is 27.4. The predicted molar refractivity (Wildman–Crippen MR) is 210 cm³/mol. The van der Waals surface area contributed by atoms with E-state index in [4.69, 9.17) is 25.5 Å². The maximum Gasteiger partial charge on any atom is 0.336 e. The van der Waals surface area contributed by atoms with E-state index >= 15 is 0 Å². The molecule has 4 aromatic carbocycles. The van der Waals surface area contributed by atoms with Crippen molar-refractivity contribution < 1.29 is 54.1 Å². The van der Waals surface area contributed by atoms with Gasteiger partial charge in [-0.1, -0.05) is 48.0 Å². The van der Waals surface area contributed by atoms with E-state index in [2.05, 4.69) is 0 Å². The number of hydrogen-bond donors (Lipinski definition) is 6. The van der Waals surface area contributed by atoms with Gasteiger partial charge in [-0.25, -0.2) is 4.79 Å². The Morgan fingerprint density at radius 3 is 2.33 bits per heavy atom. The predicted octanol–water partition coefficient (Wildman–Crippen LogP) is 6.16. The smallest absolute Gasteiger partial charge is 0.336 e. The van der Waals surface area contributed by atoms with Gasteiger partial charge in [0, 0.05) is 45.7 Å². The van der Waals surface area contributed by atoms with Gasteiger partial charge in [-0.05, 0) is 90.0 Å². The number of hydrogen-bond acceptors (Lipinski definition) is 11. The minimum Gasteiger partial charge on any atom is -0.508 e. The number of fused-ring (bicyclic) bond motifs is 2. The number of ether oxygens (including phenoxy) is 2. The van der Waals surface area contributed by atoms with Gasteiger partial charge in [-0.15, -0.1) is 0 Å². The van der Waals surface area contributed by atoms with Gasteiger partial charge < -0.3 is 44.5 Å².